The van der Waals surface area contributed by atoms with E-state index in [1.54, 1.807) is 0 Å². The molecule has 2 aromatic carbocycles. The first kappa shape index (κ1) is 17.5. The van der Waals surface area contributed by atoms with Crippen LogP contribution in [0.15, 0.2) is 73.1 Å². The Balaban J connectivity index is 1.82. The highest BCUT2D eigenvalue weighted by Gasteiger charge is 2.50. The molecular weight excluding hydrogens is 334 g/mol. The molecule has 1 aliphatic carbocycles. The largest absolute Gasteiger partial charge is 0.369 e. The minimum atomic E-state index is -0.814. The number of benzene rings is 2. The van der Waals surface area contributed by atoms with Crippen molar-refractivity contribution in [3.8, 4) is 0 Å². The van der Waals surface area contributed by atoms with Crippen LogP contribution in [0.25, 0.3) is 0 Å². The molecule has 1 fully saturated rings. The Labute approximate surface area is 160 Å². The first-order valence-corrected chi connectivity index (χ1v) is 9.54. The highest BCUT2D eigenvalue weighted by atomic mass is 16.1. The molecule has 0 radical (unpaired) electrons. The van der Waals surface area contributed by atoms with Gasteiger partial charge < -0.3 is 10.3 Å². The number of carbonyl (C=O) groups excluding carboxylic acids is 1. The summed E-state index contributed by atoms with van der Waals surface area (Å²) in [7, 11) is 0. The summed E-state index contributed by atoms with van der Waals surface area (Å²) >= 11 is 0. The quantitative estimate of drug-likeness (QED) is 0.748. The van der Waals surface area contributed by atoms with Crippen molar-refractivity contribution in [3.63, 3.8) is 0 Å². The topological polar surface area (TPSA) is 60.9 Å². The van der Waals surface area contributed by atoms with Crippen LogP contribution in [-0.2, 0) is 10.2 Å². The fourth-order valence-corrected chi connectivity index (χ4v) is 4.90. The number of aryl methyl sites for hydroxylation is 1. The number of rotatable bonds is 5. The zero-order chi connectivity index (χ0) is 18.9. The molecule has 0 bridgehead atoms. The highest BCUT2D eigenvalue weighted by molar-refractivity contribution is 5.91. The number of hydrogen-bond donors (Lipinski definition) is 1. The Morgan fingerprint density at radius 3 is 2.11 bits per heavy atom. The summed E-state index contributed by atoms with van der Waals surface area (Å²) in [5, 5.41) is 0. The normalized spacial score (nSPS) is 19.9. The molecule has 1 saturated carbocycles. The lowest BCUT2D eigenvalue weighted by atomic mass is 9.64. The zero-order valence-electron chi connectivity index (χ0n) is 15.6. The van der Waals surface area contributed by atoms with Crippen molar-refractivity contribution in [1.82, 2.24) is 9.55 Å². The molecule has 0 saturated heterocycles. The first-order chi connectivity index (χ1) is 13.1. The molecule has 3 aromatic rings. The molecule has 2 atom stereocenters. The molecule has 2 N–H and O–H groups in total. The van der Waals surface area contributed by atoms with Crippen molar-refractivity contribution in [1.29, 1.82) is 0 Å². The zero-order valence-corrected chi connectivity index (χ0v) is 15.6. The molecule has 0 spiro atoms. The van der Waals surface area contributed by atoms with Gasteiger partial charge in [0.25, 0.3) is 0 Å². The van der Waals surface area contributed by atoms with Crippen molar-refractivity contribution in [2.45, 2.75) is 37.6 Å². The summed E-state index contributed by atoms with van der Waals surface area (Å²) in [6.07, 6.45) is 6.77. The lowest BCUT2D eigenvalue weighted by Gasteiger charge is -2.37. The maximum absolute atomic E-state index is 13.1. The van der Waals surface area contributed by atoms with Crippen LogP contribution in [0.3, 0.4) is 0 Å². The van der Waals surface area contributed by atoms with Crippen LogP contribution in [0.1, 0.15) is 42.3 Å². The number of nitrogens with two attached hydrogens (primary N) is 1. The average Bonchev–Trinajstić information content (AvgIpc) is 3.33. The number of aromatic nitrogens is 2. The Morgan fingerprint density at radius 2 is 1.63 bits per heavy atom. The summed E-state index contributed by atoms with van der Waals surface area (Å²) in [5.41, 5.74) is 7.30. The fraction of sp³-hybridized carbons (Fsp3) is 0.304. The molecular formula is C23H25N3O. The van der Waals surface area contributed by atoms with Gasteiger partial charge in [0.1, 0.15) is 11.2 Å². The number of amides is 1. The Morgan fingerprint density at radius 1 is 1.04 bits per heavy atom. The standard InChI is InChI=1S/C23H25N3O/c1-17-25-14-15-26(17)21-13-12-20(16-21)23(22(24)27,18-8-4-2-5-9-18)19-10-6-3-7-11-19/h2-11,14-15,20-21H,12-13,16H2,1H3,(H2,24,27)/t20-,21-/m0/s1. The van der Waals surface area contributed by atoms with Crippen LogP contribution in [0.4, 0.5) is 0 Å². The van der Waals surface area contributed by atoms with E-state index in [0.29, 0.717) is 6.04 Å². The molecule has 4 rings (SSSR count). The number of primary amides is 1. The van der Waals surface area contributed by atoms with Crippen LogP contribution in [0.5, 0.6) is 0 Å². The van der Waals surface area contributed by atoms with E-state index in [9.17, 15) is 4.79 Å². The van der Waals surface area contributed by atoms with Gasteiger partial charge in [0, 0.05) is 18.4 Å². The van der Waals surface area contributed by atoms with Crippen molar-refractivity contribution in [3.05, 3.63) is 90.0 Å². The minimum Gasteiger partial charge on any atom is -0.369 e. The third-order valence-corrected chi connectivity index (χ3v) is 6.12. The van der Waals surface area contributed by atoms with Gasteiger partial charge in [-0.15, -0.1) is 0 Å². The Bertz CT molecular complexity index is 878. The van der Waals surface area contributed by atoms with Crippen LogP contribution in [-0.4, -0.2) is 15.5 Å². The molecule has 4 heteroatoms. The Kier molecular flexibility index (Phi) is 4.56. The highest BCUT2D eigenvalue weighted by Crippen LogP contribution is 2.49. The van der Waals surface area contributed by atoms with Gasteiger partial charge in [0.05, 0.1) is 0 Å². The number of carbonyl (C=O) groups is 1. The molecule has 4 nitrogen and oxygen atoms in total. The predicted molar refractivity (Wildman–Crippen MR) is 106 cm³/mol. The van der Waals surface area contributed by atoms with E-state index in [1.807, 2.05) is 80.0 Å². The SMILES string of the molecule is Cc1nccn1[C@H]1CC[C@H](C(C(N)=O)(c2ccccc2)c2ccccc2)C1. The first-order valence-electron chi connectivity index (χ1n) is 9.54. The minimum absolute atomic E-state index is 0.145. The lowest BCUT2D eigenvalue weighted by Crippen LogP contribution is -2.47. The van der Waals surface area contributed by atoms with Gasteiger partial charge in [-0.2, -0.15) is 0 Å². The van der Waals surface area contributed by atoms with Gasteiger partial charge in [-0.05, 0) is 43.2 Å². The third kappa shape index (κ3) is 2.85. The van der Waals surface area contributed by atoms with Crippen LogP contribution < -0.4 is 5.73 Å². The van der Waals surface area contributed by atoms with E-state index in [4.69, 9.17) is 5.73 Å². The maximum atomic E-state index is 13.1. The summed E-state index contributed by atoms with van der Waals surface area (Å²) in [5.74, 6) is 0.893. The van der Waals surface area contributed by atoms with Gasteiger partial charge in [-0.3, -0.25) is 4.79 Å². The second-order valence-electron chi connectivity index (χ2n) is 7.45. The molecule has 1 aliphatic rings. The summed E-state index contributed by atoms with van der Waals surface area (Å²) in [4.78, 5) is 17.4. The molecule has 0 aliphatic heterocycles. The van der Waals surface area contributed by atoms with Crippen LogP contribution in [0.2, 0.25) is 0 Å². The summed E-state index contributed by atoms with van der Waals surface area (Å²) in [6, 6.07) is 20.4. The lowest BCUT2D eigenvalue weighted by molar-refractivity contribution is -0.123. The smallest absolute Gasteiger partial charge is 0.232 e. The number of hydrogen-bond acceptors (Lipinski definition) is 2. The Hall–Kier alpha value is -2.88. The summed E-state index contributed by atoms with van der Waals surface area (Å²) < 4.78 is 2.24. The van der Waals surface area contributed by atoms with Crippen molar-refractivity contribution >= 4 is 5.91 Å². The molecule has 27 heavy (non-hydrogen) atoms. The van der Waals surface area contributed by atoms with Gasteiger partial charge >= 0.3 is 0 Å². The number of imidazole rings is 1. The monoisotopic (exact) mass is 359 g/mol. The van der Waals surface area contributed by atoms with Crippen molar-refractivity contribution in [2.24, 2.45) is 11.7 Å². The summed E-state index contributed by atoms with van der Waals surface area (Å²) in [6.45, 7) is 2.03. The van der Waals surface area contributed by atoms with Gasteiger partial charge in [0.2, 0.25) is 5.91 Å². The van der Waals surface area contributed by atoms with E-state index in [-0.39, 0.29) is 11.8 Å². The van der Waals surface area contributed by atoms with E-state index < -0.39 is 5.41 Å². The second-order valence-corrected chi connectivity index (χ2v) is 7.45. The molecule has 138 valence electrons. The average molecular weight is 359 g/mol. The predicted octanol–water partition coefficient (Wildman–Crippen LogP) is 4.00. The van der Waals surface area contributed by atoms with Gasteiger partial charge in [0.15, 0.2) is 0 Å². The van der Waals surface area contributed by atoms with Crippen LogP contribution in [0, 0.1) is 12.8 Å². The van der Waals surface area contributed by atoms with E-state index >= 15 is 0 Å². The van der Waals surface area contributed by atoms with E-state index in [1.165, 1.54) is 0 Å². The van der Waals surface area contributed by atoms with Crippen molar-refractivity contribution < 1.29 is 4.79 Å². The van der Waals surface area contributed by atoms with E-state index in [0.717, 1.165) is 36.2 Å². The molecule has 0 unspecified atom stereocenters. The third-order valence-electron chi connectivity index (χ3n) is 6.12. The van der Waals surface area contributed by atoms with Crippen LogP contribution >= 0.6 is 0 Å². The maximum Gasteiger partial charge on any atom is 0.232 e. The molecule has 1 aromatic heterocycles. The fourth-order valence-electron chi connectivity index (χ4n) is 4.90. The van der Waals surface area contributed by atoms with Gasteiger partial charge in [-0.1, -0.05) is 60.7 Å². The van der Waals surface area contributed by atoms with E-state index in [2.05, 4.69) is 9.55 Å². The molecule has 1 heterocycles. The van der Waals surface area contributed by atoms with Crippen molar-refractivity contribution in [2.75, 3.05) is 0 Å². The molecule has 1 amide bonds. The van der Waals surface area contributed by atoms with Gasteiger partial charge in [-0.25, -0.2) is 4.98 Å². The second kappa shape index (κ2) is 7.03. The number of nitrogens with zero attached hydrogens (tertiary/aromatic N) is 2.